The number of esters is 1. The van der Waals surface area contributed by atoms with Crippen LogP contribution in [-0.2, 0) is 4.79 Å². The van der Waals surface area contributed by atoms with Crippen molar-refractivity contribution >= 4 is 12.0 Å². The van der Waals surface area contributed by atoms with Gasteiger partial charge < -0.3 is 14.9 Å². The first-order valence-electron chi connectivity index (χ1n) is 5.22. The zero-order valence-electron chi connectivity index (χ0n) is 9.72. The lowest BCUT2D eigenvalue weighted by atomic mass is 9.93. The van der Waals surface area contributed by atoms with Gasteiger partial charge in [-0.1, -0.05) is 24.8 Å². The highest BCUT2D eigenvalue weighted by Crippen LogP contribution is 2.20. The van der Waals surface area contributed by atoms with Crippen molar-refractivity contribution in [1.82, 2.24) is 0 Å². The molecule has 1 rings (SSSR count). The Kier molecular flexibility index (Phi) is 4.43. The second-order valence-electron chi connectivity index (χ2n) is 4.04. The quantitative estimate of drug-likeness (QED) is 0.596. The summed E-state index contributed by atoms with van der Waals surface area (Å²) < 4.78 is 5.07. The molecule has 0 bridgehead atoms. The Morgan fingerprint density at radius 2 is 1.88 bits per heavy atom. The molecule has 0 unspecified atom stereocenters. The Morgan fingerprint density at radius 3 is 2.29 bits per heavy atom. The van der Waals surface area contributed by atoms with Crippen molar-refractivity contribution in [3.8, 4) is 5.75 Å². The highest BCUT2D eigenvalue weighted by atomic mass is 16.5. The molecule has 0 spiro atoms. The summed E-state index contributed by atoms with van der Waals surface area (Å²) in [5.74, 6) is -0.289. The molecule has 4 nitrogen and oxygen atoms in total. The SMILES string of the molecule is C=Cc1ccc(OC(=O)C(C)(CO)CO)cc1. The van der Waals surface area contributed by atoms with Crippen LogP contribution in [0.2, 0.25) is 0 Å². The minimum absolute atomic E-state index is 0.369. The summed E-state index contributed by atoms with van der Waals surface area (Å²) in [7, 11) is 0. The second-order valence-corrected chi connectivity index (χ2v) is 4.04. The molecule has 0 aliphatic heterocycles. The molecular weight excluding hydrogens is 220 g/mol. The highest BCUT2D eigenvalue weighted by molar-refractivity contribution is 5.79. The van der Waals surface area contributed by atoms with Crippen LogP contribution in [0.5, 0.6) is 5.75 Å². The Balaban J connectivity index is 2.77. The van der Waals surface area contributed by atoms with Gasteiger partial charge in [-0.15, -0.1) is 0 Å². The van der Waals surface area contributed by atoms with Gasteiger partial charge in [0.05, 0.1) is 13.2 Å². The molecule has 0 amide bonds. The highest BCUT2D eigenvalue weighted by Gasteiger charge is 2.34. The van der Waals surface area contributed by atoms with Gasteiger partial charge in [0.1, 0.15) is 11.2 Å². The Bertz CT molecular complexity index is 390. The summed E-state index contributed by atoms with van der Waals surface area (Å²) >= 11 is 0. The monoisotopic (exact) mass is 236 g/mol. The van der Waals surface area contributed by atoms with Crippen LogP contribution in [0.25, 0.3) is 6.08 Å². The number of hydrogen-bond donors (Lipinski definition) is 2. The number of benzene rings is 1. The van der Waals surface area contributed by atoms with Crippen LogP contribution in [0.15, 0.2) is 30.8 Å². The lowest BCUT2D eigenvalue weighted by Crippen LogP contribution is -2.38. The van der Waals surface area contributed by atoms with Crippen molar-refractivity contribution in [2.24, 2.45) is 5.41 Å². The fraction of sp³-hybridized carbons (Fsp3) is 0.308. The Hall–Kier alpha value is -1.65. The predicted molar refractivity (Wildman–Crippen MR) is 64.4 cm³/mol. The zero-order chi connectivity index (χ0) is 12.9. The first kappa shape index (κ1) is 13.4. The van der Waals surface area contributed by atoms with Gasteiger partial charge in [-0.2, -0.15) is 0 Å². The lowest BCUT2D eigenvalue weighted by molar-refractivity contribution is -0.149. The fourth-order valence-electron chi connectivity index (χ4n) is 1.08. The second kappa shape index (κ2) is 5.61. The van der Waals surface area contributed by atoms with Crippen LogP contribution in [-0.4, -0.2) is 29.4 Å². The zero-order valence-corrected chi connectivity index (χ0v) is 9.72. The van der Waals surface area contributed by atoms with Crippen LogP contribution >= 0.6 is 0 Å². The van der Waals surface area contributed by atoms with E-state index in [1.54, 1.807) is 30.3 Å². The van der Waals surface area contributed by atoms with Gasteiger partial charge in [0.15, 0.2) is 0 Å². The summed E-state index contributed by atoms with van der Waals surface area (Å²) in [6, 6.07) is 6.77. The van der Waals surface area contributed by atoms with E-state index in [0.717, 1.165) is 5.56 Å². The molecule has 0 fully saturated rings. The van der Waals surface area contributed by atoms with Crippen molar-refractivity contribution in [2.75, 3.05) is 13.2 Å². The van der Waals surface area contributed by atoms with Crippen LogP contribution in [0.1, 0.15) is 12.5 Å². The number of aliphatic hydroxyl groups excluding tert-OH is 2. The molecule has 0 aliphatic carbocycles. The van der Waals surface area contributed by atoms with Gasteiger partial charge in [0.25, 0.3) is 0 Å². The van der Waals surface area contributed by atoms with E-state index in [9.17, 15) is 4.79 Å². The largest absolute Gasteiger partial charge is 0.426 e. The molecule has 92 valence electrons. The Morgan fingerprint density at radius 1 is 1.35 bits per heavy atom. The summed E-state index contributed by atoms with van der Waals surface area (Å²) in [6.07, 6.45) is 1.68. The van der Waals surface area contributed by atoms with E-state index in [1.807, 2.05) is 0 Å². The van der Waals surface area contributed by atoms with Crippen molar-refractivity contribution in [3.05, 3.63) is 36.4 Å². The van der Waals surface area contributed by atoms with Crippen LogP contribution < -0.4 is 4.74 Å². The summed E-state index contributed by atoms with van der Waals surface area (Å²) in [6.45, 7) is 4.12. The number of ether oxygens (including phenoxy) is 1. The molecule has 1 aromatic carbocycles. The van der Waals surface area contributed by atoms with Crippen molar-refractivity contribution < 1.29 is 19.7 Å². The molecule has 0 saturated heterocycles. The van der Waals surface area contributed by atoms with E-state index in [4.69, 9.17) is 14.9 Å². The van der Waals surface area contributed by atoms with E-state index in [2.05, 4.69) is 6.58 Å². The van der Waals surface area contributed by atoms with Crippen LogP contribution in [0.4, 0.5) is 0 Å². The first-order chi connectivity index (χ1) is 8.05. The normalized spacial score (nSPS) is 11.0. The van der Waals surface area contributed by atoms with Gasteiger partial charge in [0.2, 0.25) is 0 Å². The third-order valence-corrected chi connectivity index (χ3v) is 2.52. The minimum atomic E-state index is -1.28. The maximum atomic E-state index is 11.7. The van der Waals surface area contributed by atoms with Gasteiger partial charge in [-0.05, 0) is 24.6 Å². The smallest absolute Gasteiger partial charge is 0.321 e. The van der Waals surface area contributed by atoms with Gasteiger partial charge in [-0.25, -0.2) is 0 Å². The number of carbonyl (C=O) groups excluding carboxylic acids is 1. The fourth-order valence-corrected chi connectivity index (χ4v) is 1.08. The minimum Gasteiger partial charge on any atom is -0.426 e. The molecular formula is C13H16O4. The number of rotatable bonds is 5. The molecule has 1 aromatic rings. The van der Waals surface area contributed by atoms with Crippen molar-refractivity contribution in [3.63, 3.8) is 0 Å². The molecule has 0 radical (unpaired) electrons. The molecule has 0 aromatic heterocycles. The molecule has 4 heteroatoms. The van der Waals surface area contributed by atoms with E-state index < -0.39 is 24.6 Å². The molecule has 0 saturated carbocycles. The van der Waals surface area contributed by atoms with E-state index in [1.165, 1.54) is 6.92 Å². The molecule has 0 aliphatic rings. The van der Waals surface area contributed by atoms with E-state index in [-0.39, 0.29) is 0 Å². The van der Waals surface area contributed by atoms with E-state index in [0.29, 0.717) is 5.75 Å². The van der Waals surface area contributed by atoms with Crippen molar-refractivity contribution in [1.29, 1.82) is 0 Å². The maximum absolute atomic E-state index is 11.7. The summed E-state index contributed by atoms with van der Waals surface area (Å²) in [5.41, 5.74) is -0.367. The molecule has 0 heterocycles. The molecule has 2 N–H and O–H groups in total. The Labute approximate surface area is 100 Å². The summed E-state index contributed by atoms with van der Waals surface area (Å²) in [4.78, 5) is 11.7. The standard InChI is InChI=1S/C13H16O4/c1-3-10-4-6-11(7-5-10)17-12(16)13(2,8-14)9-15/h3-7,14-15H,1,8-9H2,2H3. The average Bonchev–Trinajstić information content (AvgIpc) is 2.38. The maximum Gasteiger partial charge on any atom is 0.321 e. The van der Waals surface area contributed by atoms with Crippen LogP contribution in [0.3, 0.4) is 0 Å². The van der Waals surface area contributed by atoms with Crippen LogP contribution in [0, 0.1) is 5.41 Å². The predicted octanol–water partition coefficient (Wildman–Crippen LogP) is 1.23. The van der Waals surface area contributed by atoms with E-state index >= 15 is 0 Å². The molecule has 17 heavy (non-hydrogen) atoms. The van der Waals surface area contributed by atoms with Gasteiger partial charge in [-0.3, -0.25) is 4.79 Å². The van der Waals surface area contributed by atoms with Crippen molar-refractivity contribution in [2.45, 2.75) is 6.92 Å². The number of hydrogen-bond acceptors (Lipinski definition) is 4. The summed E-state index contributed by atoms with van der Waals surface area (Å²) in [5, 5.41) is 18.1. The third-order valence-electron chi connectivity index (χ3n) is 2.52. The molecule has 0 atom stereocenters. The van der Waals surface area contributed by atoms with Gasteiger partial charge in [0, 0.05) is 0 Å². The topological polar surface area (TPSA) is 66.8 Å². The first-order valence-corrected chi connectivity index (χ1v) is 5.22. The number of carbonyl (C=O) groups is 1. The average molecular weight is 236 g/mol. The van der Waals surface area contributed by atoms with Gasteiger partial charge >= 0.3 is 5.97 Å². The number of aliphatic hydroxyl groups is 2. The lowest BCUT2D eigenvalue weighted by Gasteiger charge is -2.21. The third kappa shape index (κ3) is 3.15.